The van der Waals surface area contributed by atoms with Crippen LogP contribution in [0.15, 0.2) is 16.9 Å². The van der Waals surface area contributed by atoms with Crippen molar-refractivity contribution in [3.8, 4) is 0 Å². The van der Waals surface area contributed by atoms with Gasteiger partial charge in [0.15, 0.2) is 0 Å². The first-order valence-electron chi connectivity index (χ1n) is 6.78. The van der Waals surface area contributed by atoms with Gasteiger partial charge in [-0.2, -0.15) is 18.3 Å². The molecule has 0 atom stereocenters. The summed E-state index contributed by atoms with van der Waals surface area (Å²) in [5.41, 5.74) is -0.622. The number of halogens is 3. The van der Waals surface area contributed by atoms with Gasteiger partial charge in [-0.25, -0.2) is 4.68 Å². The third-order valence-corrected chi connectivity index (χ3v) is 3.42. The molecule has 2 rings (SSSR count). The molecule has 0 unspecified atom stereocenters. The van der Waals surface area contributed by atoms with Crippen LogP contribution in [0.2, 0.25) is 0 Å². The number of hydrogen-bond acceptors (Lipinski definition) is 4. The average molecular weight is 319 g/mol. The van der Waals surface area contributed by atoms with E-state index in [0.29, 0.717) is 26.1 Å². The molecule has 0 radical (unpaired) electrons. The number of carbonyl (C=O) groups is 1. The maximum absolute atomic E-state index is 12.8. The first-order valence-corrected chi connectivity index (χ1v) is 6.78. The minimum Gasteiger partial charge on any atom is -0.381 e. The standard InChI is InChI=1S/C13H16F3N3O3/c1-18-11(20)3-2-10(17-18)12(21)19(8-13(14,15)16)9-4-6-22-7-5-9/h2-3,9H,4-8H2,1H3. The van der Waals surface area contributed by atoms with E-state index in [9.17, 15) is 22.8 Å². The van der Waals surface area contributed by atoms with Crippen LogP contribution in [0.5, 0.6) is 0 Å². The Labute approximate surface area is 124 Å². The predicted octanol–water partition coefficient (Wildman–Crippen LogP) is 0.964. The van der Waals surface area contributed by atoms with E-state index in [1.807, 2.05) is 0 Å². The molecular weight excluding hydrogens is 303 g/mol. The van der Waals surface area contributed by atoms with Crippen LogP contribution in [0.1, 0.15) is 23.3 Å². The summed E-state index contributed by atoms with van der Waals surface area (Å²) in [6.07, 6.45) is -3.82. The second-order valence-electron chi connectivity index (χ2n) is 5.07. The second-order valence-corrected chi connectivity index (χ2v) is 5.07. The van der Waals surface area contributed by atoms with Crippen molar-refractivity contribution in [2.24, 2.45) is 7.05 Å². The molecule has 0 N–H and O–H groups in total. The Kier molecular flexibility index (Phi) is 4.84. The summed E-state index contributed by atoms with van der Waals surface area (Å²) in [6.45, 7) is -0.721. The van der Waals surface area contributed by atoms with Crippen LogP contribution in [0.3, 0.4) is 0 Å². The molecule has 1 saturated heterocycles. The van der Waals surface area contributed by atoms with Crippen LogP contribution in [0.4, 0.5) is 13.2 Å². The highest BCUT2D eigenvalue weighted by molar-refractivity contribution is 5.92. The van der Waals surface area contributed by atoms with Crippen molar-refractivity contribution < 1.29 is 22.7 Å². The van der Waals surface area contributed by atoms with Crippen molar-refractivity contribution in [2.75, 3.05) is 19.8 Å². The van der Waals surface area contributed by atoms with E-state index in [0.717, 1.165) is 21.7 Å². The maximum atomic E-state index is 12.8. The lowest BCUT2D eigenvalue weighted by molar-refractivity contribution is -0.147. The van der Waals surface area contributed by atoms with Gasteiger partial charge in [-0.1, -0.05) is 0 Å². The molecule has 0 aromatic carbocycles. The second kappa shape index (κ2) is 6.47. The highest BCUT2D eigenvalue weighted by atomic mass is 19.4. The largest absolute Gasteiger partial charge is 0.406 e. The predicted molar refractivity (Wildman–Crippen MR) is 70.4 cm³/mol. The van der Waals surface area contributed by atoms with Gasteiger partial charge in [0.05, 0.1) is 0 Å². The third-order valence-electron chi connectivity index (χ3n) is 3.42. The fraction of sp³-hybridized carbons (Fsp3) is 0.615. The molecule has 1 aromatic heterocycles. The summed E-state index contributed by atoms with van der Waals surface area (Å²) in [5.74, 6) is -0.833. The molecule has 122 valence electrons. The normalized spacial score (nSPS) is 16.5. The Balaban J connectivity index is 2.27. The first kappa shape index (κ1) is 16.5. The number of hydrogen-bond donors (Lipinski definition) is 0. The molecule has 2 heterocycles. The van der Waals surface area contributed by atoms with E-state index < -0.39 is 30.2 Å². The molecule has 1 aliphatic rings. The molecule has 0 aliphatic carbocycles. The lowest BCUT2D eigenvalue weighted by Crippen LogP contribution is -2.48. The van der Waals surface area contributed by atoms with Crippen molar-refractivity contribution in [1.29, 1.82) is 0 Å². The van der Waals surface area contributed by atoms with Gasteiger partial charge in [-0.05, 0) is 18.9 Å². The van der Waals surface area contributed by atoms with E-state index in [1.54, 1.807) is 0 Å². The molecule has 22 heavy (non-hydrogen) atoms. The summed E-state index contributed by atoms with van der Waals surface area (Å²) >= 11 is 0. The fourth-order valence-electron chi connectivity index (χ4n) is 2.32. The summed E-state index contributed by atoms with van der Waals surface area (Å²) in [6, 6.07) is 1.70. The molecule has 1 fully saturated rings. The molecule has 9 heteroatoms. The fourth-order valence-corrected chi connectivity index (χ4v) is 2.32. The van der Waals surface area contributed by atoms with Gasteiger partial charge in [0.25, 0.3) is 11.5 Å². The lowest BCUT2D eigenvalue weighted by atomic mass is 10.1. The number of amides is 1. The van der Waals surface area contributed by atoms with Gasteiger partial charge < -0.3 is 9.64 Å². The van der Waals surface area contributed by atoms with Gasteiger partial charge in [-0.3, -0.25) is 9.59 Å². The Morgan fingerprint density at radius 3 is 2.59 bits per heavy atom. The van der Waals surface area contributed by atoms with E-state index in [2.05, 4.69) is 5.10 Å². The lowest BCUT2D eigenvalue weighted by Gasteiger charge is -2.34. The average Bonchev–Trinajstić information content (AvgIpc) is 2.47. The molecule has 1 aromatic rings. The van der Waals surface area contributed by atoms with Gasteiger partial charge in [0.2, 0.25) is 0 Å². The van der Waals surface area contributed by atoms with Crippen molar-refractivity contribution in [3.05, 3.63) is 28.2 Å². The number of nitrogens with zero attached hydrogens (tertiary/aromatic N) is 3. The molecule has 0 bridgehead atoms. The number of alkyl halides is 3. The monoisotopic (exact) mass is 319 g/mol. The van der Waals surface area contributed by atoms with Gasteiger partial charge in [-0.15, -0.1) is 0 Å². The maximum Gasteiger partial charge on any atom is 0.406 e. The van der Waals surface area contributed by atoms with Crippen LogP contribution in [0.25, 0.3) is 0 Å². The van der Waals surface area contributed by atoms with Crippen LogP contribution >= 0.6 is 0 Å². The van der Waals surface area contributed by atoms with Crippen LogP contribution < -0.4 is 5.56 Å². The Hall–Kier alpha value is -1.90. The number of rotatable bonds is 3. The van der Waals surface area contributed by atoms with Crippen LogP contribution in [-0.2, 0) is 11.8 Å². The Morgan fingerprint density at radius 2 is 2.05 bits per heavy atom. The Morgan fingerprint density at radius 1 is 1.41 bits per heavy atom. The SMILES string of the molecule is Cn1nc(C(=O)N(CC(F)(F)F)C2CCOCC2)ccc1=O. The van der Waals surface area contributed by atoms with Crippen molar-refractivity contribution >= 4 is 5.91 Å². The third kappa shape index (κ3) is 4.06. The molecule has 1 amide bonds. The van der Waals surface area contributed by atoms with Crippen LogP contribution in [0, 0.1) is 0 Å². The van der Waals surface area contributed by atoms with E-state index in [4.69, 9.17) is 4.74 Å². The topological polar surface area (TPSA) is 64.4 Å². The zero-order chi connectivity index (χ0) is 16.3. The highest BCUT2D eigenvalue weighted by Crippen LogP contribution is 2.23. The number of carbonyl (C=O) groups excluding carboxylic acids is 1. The minimum atomic E-state index is -4.51. The summed E-state index contributed by atoms with van der Waals surface area (Å²) < 4.78 is 44.4. The van der Waals surface area contributed by atoms with Crippen molar-refractivity contribution in [2.45, 2.75) is 25.1 Å². The van der Waals surface area contributed by atoms with Gasteiger partial charge in [0, 0.05) is 32.4 Å². The molecule has 6 nitrogen and oxygen atoms in total. The zero-order valence-corrected chi connectivity index (χ0v) is 12.0. The van der Waals surface area contributed by atoms with E-state index >= 15 is 0 Å². The molecule has 0 spiro atoms. The molecule has 1 aliphatic heterocycles. The highest BCUT2D eigenvalue weighted by Gasteiger charge is 2.37. The van der Waals surface area contributed by atoms with E-state index in [-0.39, 0.29) is 5.69 Å². The van der Waals surface area contributed by atoms with Gasteiger partial charge >= 0.3 is 6.18 Å². The van der Waals surface area contributed by atoms with Crippen LogP contribution in [-0.4, -0.2) is 52.6 Å². The van der Waals surface area contributed by atoms with Gasteiger partial charge in [0.1, 0.15) is 12.2 Å². The van der Waals surface area contributed by atoms with E-state index in [1.165, 1.54) is 7.05 Å². The molecule has 0 saturated carbocycles. The van der Waals surface area contributed by atoms with Crippen molar-refractivity contribution in [3.63, 3.8) is 0 Å². The summed E-state index contributed by atoms with van der Waals surface area (Å²) in [5, 5.41) is 3.73. The quantitative estimate of drug-likeness (QED) is 0.832. The zero-order valence-electron chi connectivity index (χ0n) is 12.0. The Bertz CT molecular complexity index is 594. The number of aryl methyl sites for hydroxylation is 1. The number of aromatic nitrogens is 2. The minimum absolute atomic E-state index is 0.183. The summed E-state index contributed by atoms with van der Waals surface area (Å²) in [7, 11) is 1.33. The van der Waals surface area contributed by atoms with Crippen molar-refractivity contribution in [1.82, 2.24) is 14.7 Å². The molecular formula is C13H16F3N3O3. The number of ether oxygens (including phenoxy) is 1. The smallest absolute Gasteiger partial charge is 0.381 e. The first-order chi connectivity index (χ1) is 10.3. The summed E-state index contributed by atoms with van der Waals surface area (Å²) in [4.78, 5) is 24.4.